The number of nitrogens with one attached hydrogen (secondary N) is 1. The van der Waals surface area contributed by atoms with Gasteiger partial charge in [-0.1, -0.05) is 0 Å². The molecule has 152 valence electrons. The molecule has 1 aliphatic rings. The van der Waals surface area contributed by atoms with E-state index in [0.29, 0.717) is 5.56 Å². The standard InChI is InChI=1S/C10H14N2O5.C2H6O2.H3O4P/c1-5-3-12(10(16)11-9(5)15)8-2-6(14)7(4-13)17-8;3-1-2-4;1-5(2,3)4/h3,6-8,13-14H,2,4H2,1H3,(H,11,15,16);3-4H,1-2H2;(H3,1,2,3,4)/t6-,7+,8+;;/m0../s1. The summed E-state index contributed by atoms with van der Waals surface area (Å²) in [5, 5.41) is 33.8. The number of rotatable bonds is 3. The van der Waals surface area contributed by atoms with Crippen LogP contribution in [0, 0.1) is 6.92 Å². The molecule has 26 heavy (non-hydrogen) atoms. The van der Waals surface area contributed by atoms with Gasteiger partial charge in [-0.2, -0.15) is 0 Å². The number of hydrogen-bond acceptors (Lipinski definition) is 8. The minimum atomic E-state index is -4.64. The Bertz CT molecular complexity index is 687. The molecular formula is C12H23N2O11P. The molecule has 1 fully saturated rings. The van der Waals surface area contributed by atoms with Crippen LogP contribution >= 0.6 is 7.82 Å². The molecular weight excluding hydrogens is 379 g/mol. The molecule has 0 spiro atoms. The first kappa shape index (κ1) is 24.6. The molecule has 14 heteroatoms. The van der Waals surface area contributed by atoms with Crippen LogP contribution in [0.2, 0.25) is 0 Å². The van der Waals surface area contributed by atoms with Crippen molar-refractivity contribution in [2.24, 2.45) is 0 Å². The lowest BCUT2D eigenvalue weighted by Crippen LogP contribution is -2.33. The molecule has 0 bridgehead atoms. The summed E-state index contributed by atoms with van der Waals surface area (Å²) < 4.78 is 15.4. The summed E-state index contributed by atoms with van der Waals surface area (Å²) in [6, 6.07) is 0. The van der Waals surface area contributed by atoms with Crippen molar-refractivity contribution in [1.29, 1.82) is 0 Å². The van der Waals surface area contributed by atoms with Gasteiger partial charge in [0.2, 0.25) is 0 Å². The summed E-state index contributed by atoms with van der Waals surface area (Å²) in [5.41, 5.74) is -0.643. The Morgan fingerprint density at radius 3 is 2.12 bits per heavy atom. The summed E-state index contributed by atoms with van der Waals surface area (Å²) in [6.07, 6.45) is -0.581. The van der Waals surface area contributed by atoms with Crippen molar-refractivity contribution in [2.45, 2.75) is 31.8 Å². The Morgan fingerprint density at radius 1 is 1.23 bits per heavy atom. The summed E-state index contributed by atoms with van der Waals surface area (Å²) in [6.45, 7) is 1.01. The van der Waals surface area contributed by atoms with E-state index in [4.69, 9.17) is 39.3 Å². The fraction of sp³-hybridized carbons (Fsp3) is 0.667. The number of H-pyrrole nitrogens is 1. The van der Waals surface area contributed by atoms with Gasteiger partial charge in [0, 0.05) is 18.2 Å². The van der Waals surface area contributed by atoms with E-state index in [2.05, 4.69) is 4.98 Å². The fourth-order valence-electron chi connectivity index (χ4n) is 1.85. The van der Waals surface area contributed by atoms with Crippen molar-refractivity contribution in [3.63, 3.8) is 0 Å². The Balaban J connectivity index is 0.000000582. The molecule has 2 heterocycles. The van der Waals surface area contributed by atoms with Crippen molar-refractivity contribution >= 4 is 7.82 Å². The zero-order valence-electron chi connectivity index (χ0n) is 13.8. The number of hydrogen-bond donors (Lipinski definition) is 8. The van der Waals surface area contributed by atoms with Gasteiger partial charge in [-0.15, -0.1) is 0 Å². The Kier molecular flexibility index (Phi) is 10.7. The fourth-order valence-corrected chi connectivity index (χ4v) is 1.85. The summed E-state index contributed by atoms with van der Waals surface area (Å²) in [7, 11) is -4.64. The highest BCUT2D eigenvalue weighted by Crippen LogP contribution is 2.27. The van der Waals surface area contributed by atoms with Crippen LogP contribution in [0.5, 0.6) is 0 Å². The summed E-state index contributed by atoms with van der Waals surface area (Å²) in [5.74, 6) is 0. The number of nitrogens with zero attached hydrogens (tertiary/aromatic N) is 1. The zero-order chi connectivity index (χ0) is 20.5. The molecule has 13 nitrogen and oxygen atoms in total. The number of aromatic nitrogens is 2. The van der Waals surface area contributed by atoms with E-state index in [1.807, 2.05) is 0 Å². The van der Waals surface area contributed by atoms with Gasteiger partial charge in [0.1, 0.15) is 12.3 Å². The summed E-state index contributed by atoms with van der Waals surface area (Å²) in [4.78, 5) is 46.5. The van der Waals surface area contributed by atoms with E-state index >= 15 is 0 Å². The lowest BCUT2D eigenvalue weighted by molar-refractivity contribution is -0.0459. The third-order valence-corrected chi connectivity index (χ3v) is 2.94. The molecule has 0 amide bonds. The van der Waals surface area contributed by atoms with E-state index in [9.17, 15) is 14.7 Å². The third kappa shape index (κ3) is 9.33. The monoisotopic (exact) mass is 402 g/mol. The number of phosphoric acid groups is 1. The van der Waals surface area contributed by atoms with Gasteiger partial charge in [0.05, 0.1) is 25.9 Å². The first-order valence-corrected chi connectivity index (χ1v) is 8.77. The Labute approximate surface area is 147 Å². The van der Waals surface area contributed by atoms with Crippen LogP contribution < -0.4 is 11.2 Å². The van der Waals surface area contributed by atoms with E-state index < -0.39 is 37.5 Å². The number of aryl methyl sites for hydroxylation is 1. The lowest BCUT2D eigenvalue weighted by atomic mass is 10.2. The molecule has 1 saturated heterocycles. The Hall–Kier alpha value is -1.41. The predicted molar refractivity (Wildman–Crippen MR) is 86.1 cm³/mol. The van der Waals surface area contributed by atoms with Crippen LogP contribution in [0.25, 0.3) is 0 Å². The minimum Gasteiger partial charge on any atom is -0.394 e. The maximum Gasteiger partial charge on any atom is 0.466 e. The topological polar surface area (TPSA) is 223 Å². The normalized spacial score (nSPS) is 22.1. The van der Waals surface area contributed by atoms with Gasteiger partial charge < -0.3 is 39.8 Å². The molecule has 2 rings (SSSR count). The molecule has 0 saturated carbocycles. The van der Waals surface area contributed by atoms with Gasteiger partial charge >= 0.3 is 13.5 Å². The molecule has 0 aliphatic carbocycles. The van der Waals surface area contributed by atoms with Gasteiger partial charge in [0.25, 0.3) is 5.56 Å². The van der Waals surface area contributed by atoms with Crippen LogP contribution in [0.4, 0.5) is 0 Å². The summed E-state index contributed by atoms with van der Waals surface area (Å²) >= 11 is 0. The first-order valence-electron chi connectivity index (χ1n) is 7.21. The van der Waals surface area contributed by atoms with Gasteiger partial charge in [-0.25, -0.2) is 9.36 Å². The van der Waals surface area contributed by atoms with Gasteiger partial charge in [-0.3, -0.25) is 14.3 Å². The van der Waals surface area contributed by atoms with Crippen LogP contribution in [0.3, 0.4) is 0 Å². The lowest BCUT2D eigenvalue weighted by Gasteiger charge is -2.14. The molecule has 3 atom stereocenters. The SMILES string of the molecule is Cc1cn([C@H]2C[C@H](O)[C@@H](CO)O2)c(=O)[nH]c1=O.O=P(O)(O)O.OCCO. The second kappa shape index (κ2) is 11.3. The number of ether oxygens (including phenoxy) is 1. The average Bonchev–Trinajstić information content (AvgIpc) is 2.90. The van der Waals surface area contributed by atoms with Crippen molar-refractivity contribution < 1.29 is 44.4 Å². The van der Waals surface area contributed by atoms with Crippen LogP contribution in [0.1, 0.15) is 18.2 Å². The maximum absolute atomic E-state index is 11.6. The number of aromatic amines is 1. The zero-order valence-corrected chi connectivity index (χ0v) is 14.7. The van der Waals surface area contributed by atoms with Crippen molar-refractivity contribution in [3.8, 4) is 0 Å². The van der Waals surface area contributed by atoms with E-state index in [1.165, 1.54) is 10.8 Å². The van der Waals surface area contributed by atoms with Crippen molar-refractivity contribution in [3.05, 3.63) is 32.6 Å². The largest absolute Gasteiger partial charge is 0.466 e. The number of aliphatic hydroxyl groups excluding tert-OH is 4. The van der Waals surface area contributed by atoms with E-state index in [0.717, 1.165) is 0 Å². The first-order chi connectivity index (χ1) is 11.9. The molecule has 1 aromatic heterocycles. The third-order valence-electron chi connectivity index (χ3n) is 2.94. The molecule has 1 aliphatic heterocycles. The smallest absolute Gasteiger partial charge is 0.394 e. The van der Waals surface area contributed by atoms with Gasteiger partial charge in [-0.05, 0) is 6.92 Å². The molecule has 1 aromatic rings. The second-order valence-electron chi connectivity index (χ2n) is 5.05. The van der Waals surface area contributed by atoms with E-state index in [-0.39, 0.29) is 26.2 Å². The maximum atomic E-state index is 11.6. The van der Waals surface area contributed by atoms with Gasteiger partial charge in [0.15, 0.2) is 0 Å². The molecule has 0 unspecified atom stereocenters. The second-order valence-corrected chi connectivity index (χ2v) is 6.08. The molecule has 0 radical (unpaired) electrons. The highest BCUT2D eigenvalue weighted by atomic mass is 31.2. The minimum absolute atomic E-state index is 0.125. The number of aliphatic hydroxyl groups is 4. The van der Waals surface area contributed by atoms with Crippen LogP contribution in [-0.4, -0.2) is 76.7 Å². The van der Waals surface area contributed by atoms with Crippen molar-refractivity contribution in [2.75, 3.05) is 19.8 Å². The molecule has 8 N–H and O–H groups in total. The Morgan fingerprint density at radius 2 is 1.73 bits per heavy atom. The highest BCUT2D eigenvalue weighted by molar-refractivity contribution is 7.45. The van der Waals surface area contributed by atoms with Crippen molar-refractivity contribution in [1.82, 2.24) is 9.55 Å². The quantitative estimate of drug-likeness (QED) is 0.232. The average molecular weight is 402 g/mol. The highest BCUT2D eigenvalue weighted by Gasteiger charge is 2.34. The van der Waals surface area contributed by atoms with E-state index in [1.54, 1.807) is 6.92 Å². The predicted octanol–water partition coefficient (Wildman–Crippen LogP) is -3.47. The van der Waals surface area contributed by atoms with Crippen LogP contribution in [0.15, 0.2) is 15.8 Å². The van der Waals surface area contributed by atoms with Crippen LogP contribution in [-0.2, 0) is 9.30 Å². The molecule has 0 aromatic carbocycles.